The van der Waals surface area contributed by atoms with Crippen LogP contribution in [0.15, 0.2) is 16.7 Å². The quantitative estimate of drug-likeness (QED) is 0.838. The van der Waals surface area contributed by atoms with Crippen molar-refractivity contribution in [1.29, 1.82) is 0 Å². The van der Waals surface area contributed by atoms with Crippen LogP contribution in [0.4, 0.5) is 5.69 Å². The molecule has 0 atom stereocenters. The zero-order valence-corrected chi connectivity index (χ0v) is 12.6. The van der Waals surface area contributed by atoms with E-state index in [1.807, 2.05) is 13.8 Å². The number of nitrogens with one attached hydrogen (secondary N) is 2. The van der Waals surface area contributed by atoms with E-state index < -0.39 is 5.91 Å². The van der Waals surface area contributed by atoms with E-state index in [4.69, 9.17) is 11.6 Å². The van der Waals surface area contributed by atoms with Crippen molar-refractivity contribution in [2.45, 2.75) is 19.8 Å². The molecule has 0 bridgehead atoms. The Morgan fingerprint density at radius 3 is 2.84 bits per heavy atom. The van der Waals surface area contributed by atoms with Crippen LogP contribution in [0.5, 0.6) is 0 Å². The van der Waals surface area contributed by atoms with Gasteiger partial charge in [0, 0.05) is 5.92 Å². The lowest BCUT2D eigenvalue weighted by atomic mass is 10.2. The molecule has 2 heterocycles. The Bertz CT molecular complexity index is 613. The summed E-state index contributed by atoms with van der Waals surface area (Å²) in [5.41, 5.74) is 0.511. The van der Waals surface area contributed by atoms with Crippen LogP contribution in [0.3, 0.4) is 0 Å². The summed E-state index contributed by atoms with van der Waals surface area (Å²) in [5.74, 6) is 0.537. The lowest BCUT2D eigenvalue weighted by Gasteiger charge is -2.03. The minimum atomic E-state index is -0.404. The van der Waals surface area contributed by atoms with Crippen molar-refractivity contribution in [1.82, 2.24) is 20.2 Å². The highest BCUT2D eigenvalue weighted by molar-refractivity contribution is 9.10. The first kappa shape index (κ1) is 14.0. The van der Waals surface area contributed by atoms with Gasteiger partial charge >= 0.3 is 0 Å². The summed E-state index contributed by atoms with van der Waals surface area (Å²) in [5, 5.41) is 9.57. The average molecular weight is 345 g/mol. The number of carbonyl (C=O) groups is 1. The van der Waals surface area contributed by atoms with Gasteiger partial charge in [-0.3, -0.25) is 9.89 Å². The first-order valence-electron chi connectivity index (χ1n) is 5.52. The molecule has 0 radical (unpaired) electrons. The Balaban J connectivity index is 2.13. The molecule has 2 rings (SSSR count). The molecule has 1 amide bonds. The normalized spacial score (nSPS) is 10.8. The lowest BCUT2D eigenvalue weighted by Crippen LogP contribution is -2.14. The number of nitrogens with zero attached hydrogens (tertiary/aromatic N) is 3. The lowest BCUT2D eigenvalue weighted by molar-refractivity contribution is 0.101. The smallest absolute Gasteiger partial charge is 0.295 e. The number of aromatic nitrogens is 4. The number of halogens is 2. The Labute approximate surface area is 123 Å². The van der Waals surface area contributed by atoms with Gasteiger partial charge in [-0.1, -0.05) is 25.4 Å². The van der Waals surface area contributed by atoms with Crippen LogP contribution in [0.2, 0.25) is 5.15 Å². The molecule has 100 valence electrons. The zero-order valence-electron chi connectivity index (χ0n) is 10.2. The summed E-state index contributed by atoms with van der Waals surface area (Å²) in [6.45, 7) is 3.92. The van der Waals surface area contributed by atoms with Crippen LogP contribution in [0, 0.1) is 0 Å². The molecular weight excluding hydrogens is 334 g/mol. The van der Waals surface area contributed by atoms with Crippen LogP contribution in [0.25, 0.3) is 0 Å². The highest BCUT2D eigenvalue weighted by Crippen LogP contribution is 2.23. The molecule has 19 heavy (non-hydrogen) atoms. The van der Waals surface area contributed by atoms with Gasteiger partial charge in [0.25, 0.3) is 5.91 Å². The van der Waals surface area contributed by atoms with E-state index in [1.165, 1.54) is 6.20 Å². The summed E-state index contributed by atoms with van der Waals surface area (Å²) in [4.78, 5) is 19.9. The van der Waals surface area contributed by atoms with Crippen molar-refractivity contribution >= 4 is 39.1 Å². The van der Waals surface area contributed by atoms with E-state index in [9.17, 15) is 4.79 Å². The molecule has 0 unspecified atom stereocenters. The van der Waals surface area contributed by atoms with E-state index in [2.05, 4.69) is 41.4 Å². The first-order chi connectivity index (χ1) is 8.97. The second-order valence-electron chi connectivity index (χ2n) is 4.15. The number of amides is 1. The van der Waals surface area contributed by atoms with Crippen molar-refractivity contribution in [3.8, 4) is 0 Å². The molecule has 2 N–H and O–H groups in total. The van der Waals surface area contributed by atoms with E-state index >= 15 is 0 Å². The van der Waals surface area contributed by atoms with Crippen molar-refractivity contribution in [3.63, 3.8) is 0 Å². The number of rotatable bonds is 3. The monoisotopic (exact) mass is 343 g/mol. The molecular formula is C11H11BrClN5O. The molecule has 0 saturated heterocycles. The highest BCUT2D eigenvalue weighted by atomic mass is 79.9. The summed E-state index contributed by atoms with van der Waals surface area (Å²) in [6, 6.07) is 1.66. The maximum atomic E-state index is 11.9. The third kappa shape index (κ3) is 3.30. The van der Waals surface area contributed by atoms with E-state index in [1.54, 1.807) is 6.07 Å². The van der Waals surface area contributed by atoms with Crippen LogP contribution in [-0.2, 0) is 0 Å². The zero-order chi connectivity index (χ0) is 14.0. The summed E-state index contributed by atoms with van der Waals surface area (Å²) in [7, 11) is 0. The van der Waals surface area contributed by atoms with Crippen LogP contribution >= 0.6 is 27.5 Å². The number of anilines is 1. The Kier molecular flexibility index (Phi) is 4.16. The van der Waals surface area contributed by atoms with Gasteiger partial charge in [-0.2, -0.15) is 0 Å². The van der Waals surface area contributed by atoms with Gasteiger partial charge in [-0.05, 0) is 22.0 Å². The molecule has 2 aromatic heterocycles. The summed E-state index contributed by atoms with van der Waals surface area (Å²) in [6.07, 6.45) is 1.46. The number of hydrogen-bond acceptors (Lipinski definition) is 4. The second kappa shape index (κ2) is 5.66. The molecule has 0 fully saturated rings. The second-order valence-corrected chi connectivity index (χ2v) is 5.36. The minimum absolute atomic E-state index is 0.0924. The molecule has 8 heteroatoms. The third-order valence-corrected chi connectivity index (χ3v) is 3.44. The van der Waals surface area contributed by atoms with Crippen molar-refractivity contribution < 1.29 is 4.79 Å². The van der Waals surface area contributed by atoms with Gasteiger partial charge in [-0.15, -0.1) is 5.10 Å². The highest BCUT2D eigenvalue weighted by Gasteiger charge is 2.14. The van der Waals surface area contributed by atoms with E-state index in [0.717, 1.165) is 0 Å². The first-order valence-corrected chi connectivity index (χ1v) is 6.69. The average Bonchev–Trinajstić information content (AvgIpc) is 2.83. The fraction of sp³-hybridized carbons (Fsp3) is 0.273. The number of carbonyl (C=O) groups excluding carboxylic acids is 1. The number of pyridine rings is 1. The number of hydrogen-bond donors (Lipinski definition) is 2. The fourth-order valence-corrected chi connectivity index (χ4v) is 1.76. The van der Waals surface area contributed by atoms with Gasteiger partial charge < -0.3 is 5.32 Å². The molecule has 0 aliphatic carbocycles. The van der Waals surface area contributed by atoms with Crippen molar-refractivity contribution in [2.24, 2.45) is 0 Å². The van der Waals surface area contributed by atoms with Crippen LogP contribution < -0.4 is 5.32 Å². The van der Waals surface area contributed by atoms with Crippen LogP contribution in [0.1, 0.15) is 36.2 Å². The topological polar surface area (TPSA) is 83.6 Å². The number of aromatic amines is 1. The standard InChI is InChI=1S/C11H11BrClN5O/c1-5(2)9-16-10(18-17-9)11(19)15-6-3-7(12)8(13)14-4-6/h3-5H,1-2H3,(H,15,19)(H,16,17,18). The molecule has 0 saturated carbocycles. The van der Waals surface area contributed by atoms with Gasteiger partial charge in [0.1, 0.15) is 11.0 Å². The number of H-pyrrole nitrogens is 1. The van der Waals surface area contributed by atoms with Gasteiger partial charge in [0.05, 0.1) is 16.4 Å². The minimum Gasteiger partial charge on any atom is -0.318 e. The van der Waals surface area contributed by atoms with Crippen molar-refractivity contribution in [3.05, 3.63) is 33.5 Å². The Hall–Kier alpha value is -1.47. The maximum absolute atomic E-state index is 11.9. The predicted octanol–water partition coefficient (Wildman–Crippen LogP) is 2.99. The molecule has 0 aliphatic heterocycles. The van der Waals surface area contributed by atoms with Gasteiger partial charge in [0.2, 0.25) is 5.82 Å². The van der Waals surface area contributed by atoms with E-state index in [0.29, 0.717) is 21.1 Å². The Morgan fingerprint density at radius 2 is 2.26 bits per heavy atom. The SMILES string of the molecule is CC(C)c1nc(C(=O)Nc2cnc(Cl)c(Br)c2)n[nH]1. The fourth-order valence-electron chi connectivity index (χ4n) is 1.31. The van der Waals surface area contributed by atoms with E-state index in [-0.39, 0.29) is 11.7 Å². The molecule has 6 nitrogen and oxygen atoms in total. The maximum Gasteiger partial charge on any atom is 0.295 e. The largest absolute Gasteiger partial charge is 0.318 e. The summed E-state index contributed by atoms with van der Waals surface area (Å²) >= 11 is 9.00. The molecule has 0 aliphatic rings. The Morgan fingerprint density at radius 1 is 1.53 bits per heavy atom. The predicted molar refractivity (Wildman–Crippen MR) is 75.4 cm³/mol. The summed E-state index contributed by atoms with van der Waals surface area (Å²) < 4.78 is 0.602. The third-order valence-electron chi connectivity index (χ3n) is 2.31. The molecule has 0 spiro atoms. The van der Waals surface area contributed by atoms with Crippen molar-refractivity contribution in [2.75, 3.05) is 5.32 Å². The molecule has 2 aromatic rings. The molecule has 0 aromatic carbocycles. The van der Waals surface area contributed by atoms with Crippen LogP contribution in [-0.4, -0.2) is 26.1 Å². The van der Waals surface area contributed by atoms with Gasteiger partial charge in [-0.25, -0.2) is 9.97 Å². The van der Waals surface area contributed by atoms with Gasteiger partial charge in [0.15, 0.2) is 0 Å².